The van der Waals surface area contributed by atoms with Crippen molar-refractivity contribution >= 4 is 26.5 Å². The highest BCUT2D eigenvalue weighted by molar-refractivity contribution is 7.93. The molecule has 0 fully saturated rings. The van der Waals surface area contributed by atoms with Crippen LogP contribution in [0.2, 0.25) is 0 Å². The Hall–Kier alpha value is -1.41. The summed E-state index contributed by atoms with van der Waals surface area (Å²) in [5.41, 5.74) is 1.38. The molecule has 0 aliphatic carbocycles. The van der Waals surface area contributed by atoms with Gasteiger partial charge in [-0.05, 0) is 12.8 Å². The molecule has 2 N–H and O–H groups in total. The number of aromatic nitrogens is 3. The van der Waals surface area contributed by atoms with Crippen LogP contribution in [-0.4, -0.2) is 23.6 Å². The second-order valence-corrected chi connectivity index (χ2v) is 6.71. The topological polar surface area (TPSA) is 87.7 Å². The second kappa shape index (κ2) is 4.69. The third kappa shape index (κ3) is 2.54. The number of hydrogen-bond acceptors (Lipinski definition) is 5. The fraction of sp³-hybridized carbons (Fsp3) is 0.400. The Kier molecular flexibility index (Phi) is 3.40. The fourth-order valence-corrected chi connectivity index (χ4v) is 3.64. The number of rotatable bonds is 4. The maximum absolute atomic E-state index is 12.1. The van der Waals surface area contributed by atoms with Crippen molar-refractivity contribution in [1.29, 1.82) is 0 Å². The van der Waals surface area contributed by atoms with E-state index in [1.807, 2.05) is 19.2 Å². The smallest absolute Gasteiger partial charge is 0.267 e. The largest absolute Gasteiger partial charge is 0.281 e. The number of hydrogen-bond donors (Lipinski definition) is 2. The monoisotopic (exact) mass is 286 g/mol. The zero-order valence-corrected chi connectivity index (χ0v) is 11.9. The molecule has 18 heavy (non-hydrogen) atoms. The molecule has 0 aliphatic rings. The molecule has 0 unspecified atom stereocenters. The van der Waals surface area contributed by atoms with Crippen LogP contribution >= 0.6 is 11.3 Å². The average Bonchev–Trinajstić information content (AvgIpc) is 2.86. The van der Waals surface area contributed by atoms with Crippen LogP contribution in [0.15, 0.2) is 16.5 Å². The van der Waals surface area contributed by atoms with Crippen LogP contribution in [0.5, 0.6) is 0 Å². The summed E-state index contributed by atoms with van der Waals surface area (Å²) in [4.78, 5) is 4.37. The van der Waals surface area contributed by atoms with Crippen LogP contribution < -0.4 is 4.72 Å². The first-order valence-electron chi connectivity index (χ1n) is 5.38. The summed E-state index contributed by atoms with van der Waals surface area (Å²) in [5, 5.41) is 8.53. The van der Waals surface area contributed by atoms with E-state index in [1.165, 1.54) is 17.5 Å². The van der Waals surface area contributed by atoms with Crippen molar-refractivity contribution in [2.45, 2.75) is 31.6 Å². The number of anilines is 1. The number of aryl methyl sites for hydroxylation is 1. The molecule has 2 rings (SSSR count). The van der Waals surface area contributed by atoms with Gasteiger partial charge in [0.1, 0.15) is 4.90 Å². The van der Waals surface area contributed by atoms with E-state index in [-0.39, 0.29) is 10.8 Å². The minimum Gasteiger partial charge on any atom is -0.281 e. The van der Waals surface area contributed by atoms with Crippen molar-refractivity contribution < 1.29 is 8.42 Å². The molecule has 0 saturated heterocycles. The van der Waals surface area contributed by atoms with Gasteiger partial charge < -0.3 is 0 Å². The van der Waals surface area contributed by atoms with Gasteiger partial charge in [-0.1, -0.05) is 13.8 Å². The standard InChI is InChI=1S/C10H14N4O2S2/c1-6(2)8-5-17-10(12-8)14-18(15,16)9-4-11-13-7(9)3/h4-6H,1-3H3,(H,11,13)(H,12,14). The van der Waals surface area contributed by atoms with Crippen molar-refractivity contribution in [2.24, 2.45) is 0 Å². The SMILES string of the molecule is Cc1[nH]ncc1S(=O)(=O)Nc1nc(C(C)C)cs1. The molecule has 0 radical (unpaired) electrons. The predicted octanol–water partition coefficient (Wildman–Crippen LogP) is 2.10. The highest BCUT2D eigenvalue weighted by atomic mass is 32.2. The first kappa shape index (κ1) is 13.0. The Morgan fingerprint density at radius 3 is 2.67 bits per heavy atom. The van der Waals surface area contributed by atoms with Crippen molar-refractivity contribution in [3.63, 3.8) is 0 Å². The summed E-state index contributed by atoms with van der Waals surface area (Å²) in [6.45, 7) is 5.67. The Balaban J connectivity index is 2.25. The summed E-state index contributed by atoms with van der Waals surface area (Å²) in [7, 11) is -3.61. The molecule has 0 aromatic carbocycles. The maximum Gasteiger partial charge on any atom is 0.267 e. The number of aromatic amines is 1. The quantitative estimate of drug-likeness (QED) is 0.901. The molecule has 0 amide bonds. The third-order valence-electron chi connectivity index (χ3n) is 2.41. The Labute approximate surface area is 110 Å². The van der Waals surface area contributed by atoms with Crippen LogP contribution in [0.3, 0.4) is 0 Å². The minimum atomic E-state index is -3.61. The van der Waals surface area contributed by atoms with Crippen molar-refractivity contribution in [1.82, 2.24) is 15.2 Å². The molecule has 2 aromatic rings. The van der Waals surface area contributed by atoms with Crippen LogP contribution in [0, 0.1) is 6.92 Å². The molecule has 0 spiro atoms. The van der Waals surface area contributed by atoms with Crippen molar-refractivity contribution in [3.8, 4) is 0 Å². The van der Waals surface area contributed by atoms with Gasteiger partial charge in [0.05, 0.1) is 17.6 Å². The zero-order valence-electron chi connectivity index (χ0n) is 10.3. The van der Waals surface area contributed by atoms with Gasteiger partial charge in [-0.2, -0.15) is 5.10 Å². The van der Waals surface area contributed by atoms with Gasteiger partial charge in [0.15, 0.2) is 5.13 Å². The molecule has 98 valence electrons. The van der Waals surface area contributed by atoms with E-state index in [1.54, 1.807) is 6.92 Å². The average molecular weight is 286 g/mol. The molecule has 2 heterocycles. The number of H-pyrrole nitrogens is 1. The van der Waals surface area contributed by atoms with Gasteiger partial charge in [-0.3, -0.25) is 9.82 Å². The molecule has 0 atom stereocenters. The van der Waals surface area contributed by atoms with Gasteiger partial charge in [0.2, 0.25) is 0 Å². The van der Waals surface area contributed by atoms with E-state index in [2.05, 4.69) is 19.9 Å². The second-order valence-electron chi connectivity index (χ2n) is 4.20. The highest BCUT2D eigenvalue weighted by Crippen LogP contribution is 2.24. The predicted molar refractivity (Wildman–Crippen MR) is 70.3 cm³/mol. The lowest BCUT2D eigenvalue weighted by atomic mass is 10.2. The first-order chi connectivity index (χ1) is 8.40. The van der Waals surface area contributed by atoms with Gasteiger partial charge in [-0.15, -0.1) is 11.3 Å². The number of nitrogens with one attached hydrogen (secondary N) is 2. The Morgan fingerprint density at radius 2 is 2.17 bits per heavy atom. The third-order valence-corrected chi connectivity index (χ3v) is 4.77. The highest BCUT2D eigenvalue weighted by Gasteiger charge is 2.20. The van der Waals surface area contributed by atoms with E-state index in [0.717, 1.165) is 5.69 Å². The molecule has 2 aromatic heterocycles. The zero-order chi connectivity index (χ0) is 13.3. The first-order valence-corrected chi connectivity index (χ1v) is 7.74. The van der Waals surface area contributed by atoms with Gasteiger partial charge >= 0.3 is 0 Å². The Morgan fingerprint density at radius 1 is 1.44 bits per heavy atom. The molecular formula is C10H14N4O2S2. The van der Waals surface area contributed by atoms with E-state index < -0.39 is 10.0 Å². The van der Waals surface area contributed by atoms with Crippen LogP contribution in [0.25, 0.3) is 0 Å². The van der Waals surface area contributed by atoms with Gasteiger partial charge in [0.25, 0.3) is 10.0 Å². The minimum absolute atomic E-state index is 0.142. The van der Waals surface area contributed by atoms with Crippen molar-refractivity contribution in [2.75, 3.05) is 4.72 Å². The lowest BCUT2D eigenvalue weighted by Crippen LogP contribution is -2.13. The molecule has 6 nitrogen and oxygen atoms in total. The molecule has 8 heteroatoms. The van der Waals surface area contributed by atoms with E-state index in [0.29, 0.717) is 10.8 Å². The van der Waals surface area contributed by atoms with Crippen molar-refractivity contribution in [3.05, 3.63) is 23.0 Å². The summed E-state index contributed by atoms with van der Waals surface area (Å²) in [6.07, 6.45) is 1.29. The summed E-state index contributed by atoms with van der Waals surface area (Å²) in [6, 6.07) is 0. The van der Waals surface area contributed by atoms with Gasteiger partial charge in [0, 0.05) is 5.38 Å². The number of thiazole rings is 1. The van der Waals surface area contributed by atoms with E-state index >= 15 is 0 Å². The molecular weight excluding hydrogens is 272 g/mol. The van der Waals surface area contributed by atoms with Crippen LogP contribution in [-0.2, 0) is 10.0 Å². The van der Waals surface area contributed by atoms with Crippen LogP contribution in [0.1, 0.15) is 31.2 Å². The fourth-order valence-electron chi connectivity index (χ4n) is 1.38. The van der Waals surface area contributed by atoms with E-state index in [4.69, 9.17) is 0 Å². The van der Waals surface area contributed by atoms with Gasteiger partial charge in [-0.25, -0.2) is 13.4 Å². The number of sulfonamides is 1. The lowest BCUT2D eigenvalue weighted by molar-refractivity contribution is 0.600. The summed E-state index contributed by atoms with van der Waals surface area (Å²) >= 11 is 1.28. The van der Waals surface area contributed by atoms with E-state index in [9.17, 15) is 8.42 Å². The Bertz CT molecular complexity index is 642. The lowest BCUT2D eigenvalue weighted by Gasteiger charge is -2.03. The normalized spacial score (nSPS) is 12.0. The number of nitrogens with zero attached hydrogens (tertiary/aromatic N) is 2. The molecule has 0 bridgehead atoms. The summed E-state index contributed by atoms with van der Waals surface area (Å²) < 4.78 is 26.6. The van der Waals surface area contributed by atoms with Crippen LogP contribution in [0.4, 0.5) is 5.13 Å². The maximum atomic E-state index is 12.1. The molecule has 0 saturated carbocycles. The molecule has 0 aliphatic heterocycles. The summed E-state index contributed by atoms with van der Waals surface area (Å²) in [5.74, 6) is 0.273.